The lowest BCUT2D eigenvalue weighted by molar-refractivity contribution is 0.0930. The molecule has 0 atom stereocenters. The van der Waals surface area contributed by atoms with Gasteiger partial charge in [-0.05, 0) is 12.6 Å². The van der Waals surface area contributed by atoms with Crippen molar-refractivity contribution in [1.82, 2.24) is 20.7 Å². The lowest BCUT2D eigenvalue weighted by Crippen LogP contribution is -2.41. The van der Waals surface area contributed by atoms with E-state index in [9.17, 15) is 14.7 Å². The summed E-state index contributed by atoms with van der Waals surface area (Å²) in [5, 5.41) is 12.6. The molecule has 0 bridgehead atoms. The number of nitrogens with zero attached hydrogens (tertiary/aromatic N) is 1. The first kappa shape index (κ1) is 14.2. The minimum Gasteiger partial charge on any atom is -0.502 e. The highest BCUT2D eigenvalue weighted by molar-refractivity contribution is 5.96. The van der Waals surface area contributed by atoms with E-state index in [1.165, 1.54) is 23.9 Å². The number of carbonyl (C=O) groups is 1. The molecule has 1 aromatic heterocycles. The normalized spacial score (nSPS) is 10.3. The smallest absolute Gasteiger partial charge is 0.293 e. The van der Waals surface area contributed by atoms with Gasteiger partial charge in [-0.25, -0.2) is 5.43 Å². The van der Waals surface area contributed by atoms with E-state index in [1.807, 2.05) is 6.92 Å². The lowest BCUT2D eigenvalue weighted by Gasteiger charge is -2.09. The van der Waals surface area contributed by atoms with Crippen molar-refractivity contribution in [3.05, 3.63) is 28.2 Å². The molecule has 0 unspecified atom stereocenters. The van der Waals surface area contributed by atoms with Crippen LogP contribution in [0.4, 0.5) is 0 Å². The molecule has 0 saturated carbocycles. The molecule has 0 fully saturated rings. The molecule has 0 spiro atoms. The fraction of sp³-hybridized carbons (Fsp3) is 0.455. The molecule has 1 aromatic rings. The number of likely N-dealkylation sites (N-methyl/N-ethyl adjacent to an activating group) is 1. The van der Waals surface area contributed by atoms with Gasteiger partial charge in [-0.1, -0.05) is 6.92 Å². The fourth-order valence-electron chi connectivity index (χ4n) is 1.34. The maximum Gasteiger partial charge on any atom is 0.293 e. The topological polar surface area (TPSA) is 95.4 Å². The molecular formula is C11H18N4O3. The summed E-state index contributed by atoms with van der Waals surface area (Å²) in [7, 11) is 1.50. The lowest BCUT2D eigenvalue weighted by atomic mass is 10.2. The Kier molecular flexibility index (Phi) is 5.34. The number of aromatic hydroxyl groups is 1. The number of hydrogen-bond donors (Lipinski definition) is 4. The number of hydrogen-bond acceptors (Lipinski definition) is 5. The second-order valence-electron chi connectivity index (χ2n) is 3.73. The van der Waals surface area contributed by atoms with Crippen molar-refractivity contribution in [2.75, 3.05) is 19.6 Å². The Bertz CT molecular complexity index is 470. The Morgan fingerprint density at radius 2 is 2.17 bits per heavy atom. The van der Waals surface area contributed by atoms with Gasteiger partial charge in [0.25, 0.3) is 11.5 Å². The maximum atomic E-state index is 11.7. The summed E-state index contributed by atoms with van der Waals surface area (Å²) >= 11 is 0. The van der Waals surface area contributed by atoms with Crippen LogP contribution in [0.15, 0.2) is 17.1 Å². The van der Waals surface area contributed by atoms with E-state index >= 15 is 0 Å². The predicted molar refractivity (Wildman–Crippen MR) is 67.4 cm³/mol. The first-order valence-corrected chi connectivity index (χ1v) is 5.70. The minimum absolute atomic E-state index is 0.0472. The first-order chi connectivity index (χ1) is 8.57. The van der Waals surface area contributed by atoms with Crippen molar-refractivity contribution in [2.24, 2.45) is 7.05 Å². The molecule has 0 radical (unpaired) electrons. The molecular weight excluding hydrogens is 236 g/mol. The van der Waals surface area contributed by atoms with Gasteiger partial charge < -0.3 is 15.0 Å². The van der Waals surface area contributed by atoms with Crippen LogP contribution < -0.4 is 21.7 Å². The summed E-state index contributed by atoms with van der Waals surface area (Å²) in [6.45, 7) is 4.09. The Hall–Kier alpha value is -1.86. The predicted octanol–water partition coefficient (Wildman–Crippen LogP) is -1.07. The molecule has 1 rings (SSSR count). The molecule has 0 aromatic carbocycles. The molecule has 7 heteroatoms. The van der Waals surface area contributed by atoms with E-state index in [-0.39, 0.29) is 5.56 Å². The first-order valence-electron chi connectivity index (χ1n) is 5.70. The summed E-state index contributed by atoms with van der Waals surface area (Å²) in [5.74, 6) is -1.09. The van der Waals surface area contributed by atoms with E-state index in [4.69, 9.17) is 0 Å². The quantitative estimate of drug-likeness (QED) is 0.383. The number of amides is 1. The molecule has 1 heterocycles. The second kappa shape index (κ2) is 6.77. The molecule has 4 N–H and O–H groups in total. The van der Waals surface area contributed by atoms with Gasteiger partial charge in [0.2, 0.25) is 0 Å². The van der Waals surface area contributed by atoms with Gasteiger partial charge in [0, 0.05) is 26.3 Å². The minimum atomic E-state index is -0.602. The van der Waals surface area contributed by atoms with Gasteiger partial charge in [0.1, 0.15) is 0 Å². The summed E-state index contributed by atoms with van der Waals surface area (Å²) in [4.78, 5) is 23.1. The number of hydrazine groups is 1. The molecule has 7 nitrogen and oxygen atoms in total. The molecule has 0 aliphatic rings. The third-order valence-electron chi connectivity index (χ3n) is 2.37. The van der Waals surface area contributed by atoms with E-state index < -0.39 is 17.2 Å². The van der Waals surface area contributed by atoms with Crippen LogP contribution in [-0.2, 0) is 7.05 Å². The van der Waals surface area contributed by atoms with E-state index in [1.54, 1.807) is 0 Å². The summed E-state index contributed by atoms with van der Waals surface area (Å²) in [6, 6.07) is 1.39. The average Bonchev–Trinajstić information content (AvgIpc) is 2.35. The highest BCUT2D eigenvalue weighted by Crippen LogP contribution is 2.09. The molecule has 100 valence electrons. The number of aryl methyl sites for hydroxylation is 1. The van der Waals surface area contributed by atoms with E-state index in [0.29, 0.717) is 13.1 Å². The summed E-state index contributed by atoms with van der Waals surface area (Å²) in [5.41, 5.74) is 4.46. The van der Waals surface area contributed by atoms with Crippen LogP contribution in [0.3, 0.4) is 0 Å². The second-order valence-corrected chi connectivity index (χ2v) is 3.73. The van der Waals surface area contributed by atoms with Crippen molar-refractivity contribution in [2.45, 2.75) is 6.92 Å². The number of aromatic nitrogens is 1. The van der Waals surface area contributed by atoms with Crippen LogP contribution >= 0.6 is 0 Å². The number of nitrogens with one attached hydrogen (secondary N) is 3. The fourth-order valence-corrected chi connectivity index (χ4v) is 1.34. The summed E-state index contributed by atoms with van der Waals surface area (Å²) in [6.07, 6.45) is 1.43. The van der Waals surface area contributed by atoms with Crippen LogP contribution in [0.1, 0.15) is 17.3 Å². The van der Waals surface area contributed by atoms with Crippen LogP contribution in [-0.4, -0.2) is 35.2 Å². The van der Waals surface area contributed by atoms with Crippen molar-refractivity contribution in [3.8, 4) is 5.75 Å². The van der Waals surface area contributed by atoms with Gasteiger partial charge in [-0.2, -0.15) is 0 Å². The molecule has 0 saturated heterocycles. The standard InChI is InChI=1S/C11H18N4O3/c1-3-12-5-6-13-14-10(17)8-4-7-15(2)11(18)9(8)16/h4,7,12-13,16H,3,5-6H2,1-2H3,(H,14,17). The zero-order valence-electron chi connectivity index (χ0n) is 10.5. The molecule has 0 aliphatic carbocycles. The average molecular weight is 254 g/mol. The highest BCUT2D eigenvalue weighted by Gasteiger charge is 2.13. The monoisotopic (exact) mass is 254 g/mol. The van der Waals surface area contributed by atoms with Gasteiger partial charge in [-0.3, -0.25) is 15.0 Å². The Morgan fingerprint density at radius 3 is 2.83 bits per heavy atom. The highest BCUT2D eigenvalue weighted by atomic mass is 16.3. The van der Waals surface area contributed by atoms with Crippen molar-refractivity contribution in [3.63, 3.8) is 0 Å². The number of rotatable bonds is 6. The Balaban J connectivity index is 2.57. The molecule has 0 aliphatic heterocycles. The van der Waals surface area contributed by atoms with Gasteiger partial charge in [0.15, 0.2) is 5.75 Å². The maximum absolute atomic E-state index is 11.7. The third kappa shape index (κ3) is 3.57. The SMILES string of the molecule is CCNCCNNC(=O)c1ccn(C)c(=O)c1O. The third-order valence-corrected chi connectivity index (χ3v) is 2.37. The van der Waals surface area contributed by atoms with Crippen LogP contribution in [0.25, 0.3) is 0 Å². The van der Waals surface area contributed by atoms with Crippen LogP contribution in [0, 0.1) is 0 Å². The zero-order chi connectivity index (χ0) is 13.5. The van der Waals surface area contributed by atoms with Gasteiger partial charge >= 0.3 is 0 Å². The Labute approximate surface area is 105 Å². The van der Waals surface area contributed by atoms with Crippen LogP contribution in [0.2, 0.25) is 0 Å². The van der Waals surface area contributed by atoms with Crippen molar-refractivity contribution < 1.29 is 9.90 Å². The summed E-state index contributed by atoms with van der Waals surface area (Å²) < 4.78 is 1.20. The largest absolute Gasteiger partial charge is 0.502 e. The number of pyridine rings is 1. The molecule has 18 heavy (non-hydrogen) atoms. The zero-order valence-corrected chi connectivity index (χ0v) is 10.5. The van der Waals surface area contributed by atoms with Gasteiger partial charge in [0.05, 0.1) is 5.56 Å². The Morgan fingerprint density at radius 1 is 1.44 bits per heavy atom. The van der Waals surface area contributed by atoms with E-state index in [2.05, 4.69) is 16.2 Å². The van der Waals surface area contributed by atoms with Gasteiger partial charge in [-0.15, -0.1) is 0 Å². The van der Waals surface area contributed by atoms with Crippen LogP contribution in [0.5, 0.6) is 5.75 Å². The van der Waals surface area contributed by atoms with E-state index in [0.717, 1.165) is 6.54 Å². The number of carbonyl (C=O) groups excluding carboxylic acids is 1. The van der Waals surface area contributed by atoms with Crippen molar-refractivity contribution >= 4 is 5.91 Å². The molecule has 1 amide bonds. The van der Waals surface area contributed by atoms with Crippen molar-refractivity contribution in [1.29, 1.82) is 0 Å².